The van der Waals surface area contributed by atoms with Gasteiger partial charge in [0.15, 0.2) is 5.75 Å². The maximum atomic E-state index is 10.8. The number of ether oxygens (including phenoxy) is 1. The first kappa shape index (κ1) is 12.9. The van der Waals surface area contributed by atoms with Gasteiger partial charge < -0.3 is 14.9 Å². The molecule has 1 aliphatic carbocycles. The third kappa shape index (κ3) is 1.96. The number of hydrogen-bond acceptors (Lipinski definition) is 4. The highest BCUT2D eigenvalue weighted by molar-refractivity contribution is 5.72. The van der Waals surface area contributed by atoms with E-state index in [2.05, 4.69) is 5.10 Å². The Morgan fingerprint density at radius 2 is 2.33 bits per heavy atom. The first-order chi connectivity index (χ1) is 8.51. The molecule has 0 aromatic carbocycles. The number of aromatic nitrogens is 2. The number of aliphatic carboxylic acids is 1. The van der Waals surface area contributed by atoms with Crippen molar-refractivity contribution in [3.05, 3.63) is 11.9 Å². The number of rotatable bonds is 5. The Morgan fingerprint density at radius 3 is 2.83 bits per heavy atom. The van der Waals surface area contributed by atoms with Gasteiger partial charge >= 0.3 is 5.97 Å². The van der Waals surface area contributed by atoms with Crippen molar-refractivity contribution in [3.63, 3.8) is 0 Å². The lowest BCUT2D eigenvalue weighted by molar-refractivity contribution is -0.160. The van der Waals surface area contributed by atoms with Gasteiger partial charge in [-0.2, -0.15) is 5.10 Å². The summed E-state index contributed by atoms with van der Waals surface area (Å²) in [6.07, 6.45) is 2.88. The number of methoxy groups -OCH3 is 1. The maximum absolute atomic E-state index is 10.8. The number of carboxylic acids is 1. The minimum Gasteiger partial charge on any atom is -0.493 e. The Labute approximate surface area is 105 Å². The standard InChI is InChI=1S/C12H18N2O4/c1-3-4-14-10(9(18-2)7-13-14)12(17)5-8(6-12)11(15)16/h7-8,17H,3-6H2,1-2H3,(H,15,16). The fourth-order valence-corrected chi connectivity index (χ4v) is 2.49. The van der Waals surface area contributed by atoms with Crippen LogP contribution in [0, 0.1) is 5.92 Å². The molecular weight excluding hydrogens is 236 g/mol. The predicted octanol–water partition coefficient (Wildman–Crippen LogP) is 0.984. The predicted molar refractivity (Wildman–Crippen MR) is 63.3 cm³/mol. The van der Waals surface area contributed by atoms with Gasteiger partial charge in [-0.25, -0.2) is 0 Å². The molecule has 6 nitrogen and oxygen atoms in total. The Morgan fingerprint density at radius 1 is 1.67 bits per heavy atom. The zero-order chi connectivity index (χ0) is 13.3. The lowest BCUT2D eigenvalue weighted by atomic mass is 9.69. The molecular formula is C12H18N2O4. The zero-order valence-electron chi connectivity index (χ0n) is 10.6. The number of aryl methyl sites for hydroxylation is 1. The number of carbonyl (C=O) groups is 1. The van der Waals surface area contributed by atoms with E-state index >= 15 is 0 Å². The van der Waals surface area contributed by atoms with Crippen LogP contribution in [0.2, 0.25) is 0 Å². The van der Waals surface area contributed by atoms with Crippen LogP contribution in [-0.2, 0) is 16.9 Å². The van der Waals surface area contributed by atoms with Gasteiger partial charge in [-0.15, -0.1) is 0 Å². The molecule has 0 radical (unpaired) electrons. The third-order valence-corrected chi connectivity index (χ3v) is 3.42. The van der Waals surface area contributed by atoms with Crippen LogP contribution in [0.4, 0.5) is 0 Å². The quantitative estimate of drug-likeness (QED) is 0.818. The summed E-state index contributed by atoms with van der Waals surface area (Å²) in [5.74, 6) is -0.820. The minimum atomic E-state index is -1.12. The molecule has 1 fully saturated rings. The van der Waals surface area contributed by atoms with Crippen LogP contribution in [0.5, 0.6) is 5.75 Å². The highest BCUT2D eigenvalue weighted by atomic mass is 16.5. The summed E-state index contributed by atoms with van der Waals surface area (Å²) in [7, 11) is 1.52. The summed E-state index contributed by atoms with van der Waals surface area (Å²) in [5.41, 5.74) is -0.524. The van der Waals surface area contributed by atoms with Crippen molar-refractivity contribution in [1.82, 2.24) is 9.78 Å². The van der Waals surface area contributed by atoms with Gasteiger partial charge in [0.05, 0.1) is 19.2 Å². The number of nitrogens with zero attached hydrogens (tertiary/aromatic N) is 2. The first-order valence-electron chi connectivity index (χ1n) is 6.07. The number of hydrogen-bond donors (Lipinski definition) is 2. The van der Waals surface area contributed by atoms with E-state index in [1.165, 1.54) is 7.11 Å². The molecule has 2 rings (SSSR count). The van der Waals surface area contributed by atoms with E-state index in [1.54, 1.807) is 10.9 Å². The van der Waals surface area contributed by atoms with E-state index < -0.39 is 17.5 Å². The van der Waals surface area contributed by atoms with E-state index in [0.717, 1.165) is 6.42 Å². The molecule has 1 aliphatic rings. The molecule has 0 spiro atoms. The molecule has 0 atom stereocenters. The maximum Gasteiger partial charge on any atom is 0.306 e. The molecule has 1 aromatic heterocycles. The van der Waals surface area contributed by atoms with Crippen molar-refractivity contribution < 1.29 is 19.7 Å². The summed E-state index contributed by atoms with van der Waals surface area (Å²) in [6.45, 7) is 2.70. The number of aliphatic hydroxyl groups is 1. The van der Waals surface area contributed by atoms with Gasteiger partial charge in [0.25, 0.3) is 0 Å². The normalized spacial score (nSPS) is 26.7. The third-order valence-electron chi connectivity index (χ3n) is 3.42. The monoisotopic (exact) mass is 254 g/mol. The molecule has 1 aromatic rings. The Balaban J connectivity index is 2.27. The van der Waals surface area contributed by atoms with E-state index in [4.69, 9.17) is 9.84 Å². The molecule has 2 N–H and O–H groups in total. The molecule has 6 heteroatoms. The second-order valence-corrected chi connectivity index (χ2v) is 4.76. The summed E-state index contributed by atoms with van der Waals surface area (Å²) in [5, 5.41) is 23.6. The van der Waals surface area contributed by atoms with E-state index in [-0.39, 0.29) is 12.8 Å². The van der Waals surface area contributed by atoms with Crippen LogP contribution in [0.1, 0.15) is 31.9 Å². The molecule has 18 heavy (non-hydrogen) atoms. The molecule has 0 unspecified atom stereocenters. The van der Waals surface area contributed by atoms with Crippen LogP contribution >= 0.6 is 0 Å². The zero-order valence-corrected chi connectivity index (χ0v) is 10.6. The Hall–Kier alpha value is -1.56. The first-order valence-corrected chi connectivity index (χ1v) is 6.07. The summed E-state index contributed by atoms with van der Waals surface area (Å²) >= 11 is 0. The Kier molecular flexibility index (Phi) is 3.30. The molecule has 100 valence electrons. The minimum absolute atomic E-state index is 0.216. The van der Waals surface area contributed by atoms with E-state index in [0.29, 0.717) is 18.0 Å². The van der Waals surface area contributed by atoms with Crippen molar-refractivity contribution in [2.45, 2.75) is 38.3 Å². The van der Waals surface area contributed by atoms with Crippen molar-refractivity contribution >= 4 is 5.97 Å². The van der Waals surface area contributed by atoms with Gasteiger partial charge in [-0.1, -0.05) is 6.92 Å². The SMILES string of the molecule is CCCn1ncc(OC)c1C1(O)CC(C(=O)O)C1. The topological polar surface area (TPSA) is 84.6 Å². The van der Waals surface area contributed by atoms with Crippen LogP contribution < -0.4 is 4.74 Å². The summed E-state index contributed by atoms with van der Waals surface area (Å²) in [4.78, 5) is 10.8. The van der Waals surface area contributed by atoms with Gasteiger partial charge in [0, 0.05) is 6.54 Å². The molecule has 0 aliphatic heterocycles. The summed E-state index contributed by atoms with van der Waals surface area (Å²) < 4.78 is 6.90. The smallest absolute Gasteiger partial charge is 0.306 e. The molecule has 1 heterocycles. The molecule has 0 saturated heterocycles. The lowest BCUT2D eigenvalue weighted by Gasteiger charge is -2.41. The second-order valence-electron chi connectivity index (χ2n) is 4.76. The number of carboxylic acid groups (broad SMARTS) is 1. The molecule has 0 amide bonds. The molecule has 0 bridgehead atoms. The van der Waals surface area contributed by atoms with Crippen LogP contribution in [0.15, 0.2) is 6.20 Å². The fraction of sp³-hybridized carbons (Fsp3) is 0.667. The second kappa shape index (κ2) is 4.61. The van der Waals surface area contributed by atoms with Crippen LogP contribution in [0.3, 0.4) is 0 Å². The Bertz CT molecular complexity index is 449. The van der Waals surface area contributed by atoms with Gasteiger partial charge in [-0.05, 0) is 19.3 Å². The average molecular weight is 254 g/mol. The van der Waals surface area contributed by atoms with Crippen LogP contribution in [0.25, 0.3) is 0 Å². The van der Waals surface area contributed by atoms with Crippen LogP contribution in [-0.4, -0.2) is 33.1 Å². The van der Waals surface area contributed by atoms with Crippen molar-refractivity contribution in [1.29, 1.82) is 0 Å². The lowest BCUT2D eigenvalue weighted by Crippen LogP contribution is -2.46. The van der Waals surface area contributed by atoms with E-state index in [9.17, 15) is 9.90 Å². The van der Waals surface area contributed by atoms with E-state index in [1.807, 2.05) is 6.92 Å². The fourth-order valence-electron chi connectivity index (χ4n) is 2.49. The van der Waals surface area contributed by atoms with Crippen molar-refractivity contribution in [2.75, 3.05) is 7.11 Å². The van der Waals surface area contributed by atoms with Gasteiger partial charge in [0.1, 0.15) is 11.3 Å². The molecule has 1 saturated carbocycles. The highest BCUT2D eigenvalue weighted by Gasteiger charge is 2.50. The summed E-state index contributed by atoms with van der Waals surface area (Å²) in [6, 6.07) is 0. The average Bonchev–Trinajstić information content (AvgIpc) is 2.68. The largest absolute Gasteiger partial charge is 0.493 e. The van der Waals surface area contributed by atoms with Crippen molar-refractivity contribution in [2.24, 2.45) is 5.92 Å². The highest BCUT2D eigenvalue weighted by Crippen LogP contribution is 2.48. The van der Waals surface area contributed by atoms with Gasteiger partial charge in [-0.3, -0.25) is 9.48 Å². The van der Waals surface area contributed by atoms with Gasteiger partial charge in [0.2, 0.25) is 0 Å². The van der Waals surface area contributed by atoms with Crippen molar-refractivity contribution in [3.8, 4) is 5.75 Å².